The van der Waals surface area contributed by atoms with Gasteiger partial charge in [0, 0.05) is 38.8 Å². The van der Waals surface area contributed by atoms with Crippen LogP contribution < -0.4 is 4.90 Å². The Kier molecular flexibility index (Phi) is 5.83. The van der Waals surface area contributed by atoms with Crippen molar-refractivity contribution in [1.82, 2.24) is 14.9 Å². The van der Waals surface area contributed by atoms with Crippen LogP contribution in [0.3, 0.4) is 0 Å². The third-order valence-electron chi connectivity index (χ3n) is 4.18. The summed E-state index contributed by atoms with van der Waals surface area (Å²) in [6.07, 6.45) is 3.62. The molecule has 1 saturated heterocycles. The van der Waals surface area contributed by atoms with Gasteiger partial charge in [-0.2, -0.15) is 0 Å². The maximum absolute atomic E-state index is 12.2. The molecule has 0 aromatic carbocycles. The van der Waals surface area contributed by atoms with Crippen LogP contribution in [0.5, 0.6) is 0 Å². The van der Waals surface area contributed by atoms with Gasteiger partial charge in [0.25, 0.3) is 0 Å². The Bertz CT molecular complexity index is 739. The van der Waals surface area contributed by atoms with Crippen LogP contribution in [-0.4, -0.2) is 59.5 Å². The lowest BCUT2D eigenvalue weighted by Gasteiger charge is -2.34. The molecule has 8 heteroatoms. The van der Waals surface area contributed by atoms with E-state index in [0.717, 1.165) is 5.69 Å². The number of hydrogen-bond acceptors (Lipinski definition) is 7. The monoisotopic (exact) mass is 358 g/mol. The molecule has 3 rings (SSSR count). The van der Waals surface area contributed by atoms with Crippen molar-refractivity contribution in [3.63, 3.8) is 0 Å². The predicted molar refractivity (Wildman–Crippen MR) is 94.4 cm³/mol. The van der Waals surface area contributed by atoms with Gasteiger partial charge in [-0.15, -0.1) is 0 Å². The highest BCUT2D eigenvalue weighted by Crippen LogP contribution is 2.20. The van der Waals surface area contributed by atoms with E-state index in [9.17, 15) is 9.59 Å². The first-order valence-corrected chi connectivity index (χ1v) is 8.72. The number of aromatic nitrogens is 2. The molecule has 0 aliphatic carbocycles. The quantitative estimate of drug-likeness (QED) is 0.727. The van der Waals surface area contributed by atoms with Gasteiger partial charge in [-0.25, -0.2) is 9.97 Å². The summed E-state index contributed by atoms with van der Waals surface area (Å²) in [5.41, 5.74) is 0.730. The zero-order chi connectivity index (χ0) is 18.4. The van der Waals surface area contributed by atoms with E-state index < -0.39 is 0 Å². The molecule has 1 aliphatic heterocycles. The number of ether oxygens (including phenoxy) is 1. The molecule has 1 amide bonds. The molecule has 2 aromatic rings. The zero-order valence-corrected chi connectivity index (χ0v) is 14.8. The van der Waals surface area contributed by atoms with Crippen LogP contribution in [0, 0.1) is 0 Å². The van der Waals surface area contributed by atoms with Crippen molar-refractivity contribution in [3.05, 3.63) is 30.7 Å². The van der Waals surface area contributed by atoms with Crippen LogP contribution in [-0.2, 0) is 14.3 Å². The minimum absolute atomic E-state index is 0.0250. The van der Waals surface area contributed by atoms with Gasteiger partial charge in [0.2, 0.25) is 11.9 Å². The van der Waals surface area contributed by atoms with Gasteiger partial charge in [0.05, 0.1) is 19.3 Å². The Morgan fingerprint density at radius 2 is 2.00 bits per heavy atom. The van der Waals surface area contributed by atoms with Crippen molar-refractivity contribution in [2.24, 2.45) is 0 Å². The van der Waals surface area contributed by atoms with Crippen molar-refractivity contribution in [2.45, 2.75) is 19.8 Å². The molecular weight excluding hydrogens is 336 g/mol. The van der Waals surface area contributed by atoms with Gasteiger partial charge >= 0.3 is 5.97 Å². The van der Waals surface area contributed by atoms with E-state index in [1.54, 1.807) is 30.4 Å². The highest BCUT2D eigenvalue weighted by Gasteiger charge is 2.23. The predicted octanol–water partition coefficient (Wildman–Crippen LogP) is 1.73. The second kappa shape index (κ2) is 8.46. The smallest absolute Gasteiger partial charge is 0.306 e. The molecule has 0 spiro atoms. The fraction of sp³-hybridized carbons (Fsp3) is 0.444. The largest absolute Gasteiger partial charge is 0.466 e. The topological polar surface area (TPSA) is 88.8 Å². The van der Waals surface area contributed by atoms with Crippen LogP contribution in [0.15, 0.2) is 35.1 Å². The number of piperazine rings is 1. The number of carbonyl (C=O) groups excluding carboxylic acids is 2. The van der Waals surface area contributed by atoms with Gasteiger partial charge in [-0.05, 0) is 25.1 Å². The summed E-state index contributed by atoms with van der Waals surface area (Å²) in [6, 6.07) is 5.47. The first-order valence-electron chi connectivity index (χ1n) is 8.72. The molecule has 3 heterocycles. The number of hydrogen-bond donors (Lipinski definition) is 0. The van der Waals surface area contributed by atoms with Crippen LogP contribution >= 0.6 is 0 Å². The van der Waals surface area contributed by atoms with Crippen molar-refractivity contribution in [2.75, 3.05) is 37.7 Å². The number of amides is 1. The highest BCUT2D eigenvalue weighted by atomic mass is 16.5. The van der Waals surface area contributed by atoms with Crippen molar-refractivity contribution < 1.29 is 18.7 Å². The van der Waals surface area contributed by atoms with Gasteiger partial charge < -0.3 is 19.0 Å². The average Bonchev–Trinajstić information content (AvgIpc) is 3.21. The van der Waals surface area contributed by atoms with E-state index in [-0.39, 0.29) is 24.7 Å². The van der Waals surface area contributed by atoms with Crippen LogP contribution in [0.4, 0.5) is 5.95 Å². The third kappa shape index (κ3) is 4.38. The van der Waals surface area contributed by atoms with Crippen molar-refractivity contribution in [1.29, 1.82) is 0 Å². The molecule has 0 N–H and O–H groups in total. The molecule has 8 nitrogen and oxygen atoms in total. The van der Waals surface area contributed by atoms with Gasteiger partial charge in [-0.1, -0.05) is 0 Å². The molecule has 26 heavy (non-hydrogen) atoms. The van der Waals surface area contributed by atoms with E-state index in [1.165, 1.54) is 0 Å². The second-order valence-corrected chi connectivity index (χ2v) is 5.89. The lowest BCUT2D eigenvalue weighted by Crippen LogP contribution is -2.49. The number of rotatable bonds is 6. The molecule has 138 valence electrons. The van der Waals surface area contributed by atoms with Gasteiger partial charge in [0.1, 0.15) is 5.69 Å². The Morgan fingerprint density at radius 3 is 2.69 bits per heavy atom. The Hall–Kier alpha value is -2.90. The first kappa shape index (κ1) is 17.9. The summed E-state index contributed by atoms with van der Waals surface area (Å²) in [4.78, 5) is 36.3. The number of esters is 1. The lowest BCUT2D eigenvalue weighted by atomic mass is 10.2. The molecule has 0 unspecified atom stereocenters. The molecule has 2 aromatic heterocycles. The molecule has 0 radical (unpaired) electrons. The Labute approximate surface area is 151 Å². The number of nitrogens with zero attached hydrogens (tertiary/aromatic N) is 4. The first-order chi connectivity index (χ1) is 12.7. The van der Waals surface area contributed by atoms with Crippen molar-refractivity contribution >= 4 is 17.8 Å². The van der Waals surface area contributed by atoms with E-state index in [0.29, 0.717) is 44.5 Å². The van der Waals surface area contributed by atoms with Crippen molar-refractivity contribution in [3.8, 4) is 11.5 Å². The Morgan fingerprint density at radius 1 is 1.19 bits per heavy atom. The fourth-order valence-corrected chi connectivity index (χ4v) is 2.82. The number of carbonyl (C=O) groups is 2. The maximum atomic E-state index is 12.2. The van der Waals surface area contributed by atoms with Gasteiger partial charge in [-0.3, -0.25) is 9.59 Å². The van der Waals surface area contributed by atoms with E-state index in [2.05, 4.69) is 9.97 Å². The van der Waals surface area contributed by atoms with Crippen LogP contribution in [0.2, 0.25) is 0 Å². The van der Waals surface area contributed by atoms with E-state index >= 15 is 0 Å². The molecule has 0 bridgehead atoms. The molecule has 0 saturated carbocycles. The minimum Gasteiger partial charge on any atom is -0.466 e. The zero-order valence-electron chi connectivity index (χ0n) is 14.8. The van der Waals surface area contributed by atoms with Crippen LogP contribution in [0.25, 0.3) is 11.5 Å². The summed E-state index contributed by atoms with van der Waals surface area (Å²) >= 11 is 0. The van der Waals surface area contributed by atoms with Crippen LogP contribution in [0.1, 0.15) is 19.8 Å². The molecule has 1 aliphatic rings. The third-order valence-corrected chi connectivity index (χ3v) is 4.18. The average molecular weight is 358 g/mol. The molecular formula is C18H22N4O4. The summed E-state index contributed by atoms with van der Waals surface area (Å²) < 4.78 is 10.2. The van der Waals surface area contributed by atoms with Gasteiger partial charge in [0.15, 0.2) is 5.76 Å². The standard InChI is InChI=1S/C18H22N4O4/c1-2-25-17(24)6-5-16(23)21-9-11-22(12-10-21)18-19-8-7-14(20-18)15-4-3-13-26-15/h3-4,7-8,13H,2,5-6,9-12H2,1H3. The summed E-state index contributed by atoms with van der Waals surface area (Å²) in [7, 11) is 0. The fourth-order valence-electron chi connectivity index (χ4n) is 2.82. The highest BCUT2D eigenvalue weighted by molar-refractivity contribution is 5.81. The molecule has 1 fully saturated rings. The second-order valence-electron chi connectivity index (χ2n) is 5.89. The summed E-state index contributed by atoms with van der Waals surface area (Å²) in [6.45, 7) is 4.54. The minimum atomic E-state index is -0.331. The lowest BCUT2D eigenvalue weighted by molar-refractivity contribution is -0.145. The molecule has 0 atom stereocenters. The Balaban J connectivity index is 1.53. The summed E-state index contributed by atoms with van der Waals surface area (Å²) in [5, 5.41) is 0. The van der Waals surface area contributed by atoms with E-state index in [1.807, 2.05) is 17.0 Å². The van der Waals surface area contributed by atoms with E-state index in [4.69, 9.17) is 9.15 Å². The summed E-state index contributed by atoms with van der Waals surface area (Å²) in [5.74, 6) is 0.963. The number of furan rings is 1. The normalized spacial score (nSPS) is 14.3. The number of anilines is 1. The maximum Gasteiger partial charge on any atom is 0.306 e. The SMILES string of the molecule is CCOC(=O)CCC(=O)N1CCN(c2nccc(-c3ccco3)n2)CC1.